The summed E-state index contributed by atoms with van der Waals surface area (Å²) >= 11 is 0. The highest BCUT2D eigenvalue weighted by atomic mass is 16.5. The third-order valence-corrected chi connectivity index (χ3v) is 4.49. The molecule has 0 saturated heterocycles. The lowest BCUT2D eigenvalue weighted by Gasteiger charge is -2.18. The molecule has 0 radical (unpaired) electrons. The van der Waals surface area contributed by atoms with Crippen LogP contribution in [0.4, 0.5) is 0 Å². The van der Waals surface area contributed by atoms with Crippen LogP contribution in [0, 0.1) is 20.8 Å². The van der Waals surface area contributed by atoms with Gasteiger partial charge in [0.25, 0.3) is 5.91 Å². The lowest BCUT2D eigenvalue weighted by atomic mass is 10.1. The van der Waals surface area contributed by atoms with Crippen LogP contribution in [-0.4, -0.2) is 25.2 Å². The minimum atomic E-state index is -0.592. The predicted octanol–water partition coefficient (Wildman–Crippen LogP) is 4.49. The first-order valence-corrected chi connectivity index (χ1v) is 9.57. The second-order valence-corrected chi connectivity index (χ2v) is 7.33. The molecule has 0 bridgehead atoms. The molecule has 0 unspecified atom stereocenters. The summed E-state index contributed by atoms with van der Waals surface area (Å²) in [4.78, 5) is 12.5. The number of methoxy groups -OCH3 is 1. The summed E-state index contributed by atoms with van der Waals surface area (Å²) < 4.78 is 17.0. The van der Waals surface area contributed by atoms with Gasteiger partial charge < -0.3 is 19.5 Å². The first kappa shape index (κ1) is 21.6. The minimum Gasteiger partial charge on any atom is -0.493 e. The van der Waals surface area contributed by atoms with Gasteiger partial charge in [-0.15, -0.1) is 0 Å². The topological polar surface area (TPSA) is 56.8 Å². The molecule has 0 aromatic heterocycles. The van der Waals surface area contributed by atoms with Crippen LogP contribution in [-0.2, 0) is 11.3 Å². The van der Waals surface area contributed by atoms with Gasteiger partial charge in [0.05, 0.1) is 13.2 Å². The third-order valence-electron chi connectivity index (χ3n) is 4.49. The number of hydrogen-bond donors (Lipinski definition) is 1. The van der Waals surface area contributed by atoms with Crippen molar-refractivity contribution in [3.05, 3.63) is 52.6 Å². The zero-order valence-corrected chi connectivity index (χ0v) is 17.9. The van der Waals surface area contributed by atoms with Gasteiger partial charge in [0.15, 0.2) is 17.6 Å². The lowest BCUT2D eigenvalue weighted by molar-refractivity contribution is -0.127. The second kappa shape index (κ2) is 9.49. The van der Waals surface area contributed by atoms with E-state index < -0.39 is 6.10 Å². The maximum Gasteiger partial charge on any atom is 0.261 e. The van der Waals surface area contributed by atoms with Crippen molar-refractivity contribution in [2.45, 2.75) is 60.3 Å². The van der Waals surface area contributed by atoms with Crippen LogP contribution in [0.15, 0.2) is 30.3 Å². The Balaban J connectivity index is 2.00. The monoisotopic (exact) mass is 385 g/mol. The molecule has 28 heavy (non-hydrogen) atoms. The fourth-order valence-corrected chi connectivity index (χ4v) is 2.87. The first-order chi connectivity index (χ1) is 13.2. The molecule has 0 spiro atoms. The van der Waals surface area contributed by atoms with E-state index in [1.807, 2.05) is 58.9 Å². The molecule has 0 aliphatic rings. The Labute approximate surface area is 168 Å². The van der Waals surface area contributed by atoms with Crippen LogP contribution in [0.25, 0.3) is 0 Å². The van der Waals surface area contributed by atoms with E-state index in [0.717, 1.165) is 28.0 Å². The standard InChI is InChI=1S/C23H31NO4/c1-14(2)27-20-9-8-19(12-22(20)26-7)13-24-23(25)18(6)28-21-11-15(3)10-16(4)17(21)5/h8-12,14,18H,13H2,1-7H3,(H,24,25)/t18-/m0/s1. The summed E-state index contributed by atoms with van der Waals surface area (Å²) in [5, 5.41) is 2.92. The van der Waals surface area contributed by atoms with Crippen molar-refractivity contribution in [3.8, 4) is 17.2 Å². The smallest absolute Gasteiger partial charge is 0.261 e. The predicted molar refractivity (Wildman–Crippen MR) is 111 cm³/mol. The second-order valence-electron chi connectivity index (χ2n) is 7.33. The Morgan fingerprint density at radius 2 is 1.68 bits per heavy atom. The van der Waals surface area contributed by atoms with E-state index in [2.05, 4.69) is 11.4 Å². The summed E-state index contributed by atoms with van der Waals surface area (Å²) in [6.07, 6.45) is -0.531. The van der Waals surface area contributed by atoms with Crippen molar-refractivity contribution < 1.29 is 19.0 Å². The Bertz CT molecular complexity index is 830. The molecule has 0 heterocycles. The van der Waals surface area contributed by atoms with E-state index in [4.69, 9.17) is 14.2 Å². The zero-order valence-electron chi connectivity index (χ0n) is 17.9. The maximum absolute atomic E-state index is 12.5. The van der Waals surface area contributed by atoms with Crippen molar-refractivity contribution in [3.63, 3.8) is 0 Å². The van der Waals surface area contributed by atoms with Crippen LogP contribution < -0.4 is 19.5 Å². The highest BCUT2D eigenvalue weighted by Gasteiger charge is 2.17. The largest absolute Gasteiger partial charge is 0.493 e. The van der Waals surface area contributed by atoms with E-state index in [9.17, 15) is 4.79 Å². The lowest BCUT2D eigenvalue weighted by Crippen LogP contribution is -2.36. The van der Waals surface area contributed by atoms with Gasteiger partial charge in [-0.1, -0.05) is 12.1 Å². The van der Waals surface area contributed by atoms with Gasteiger partial charge in [-0.2, -0.15) is 0 Å². The van der Waals surface area contributed by atoms with Gasteiger partial charge in [0.2, 0.25) is 0 Å². The van der Waals surface area contributed by atoms with Crippen LogP contribution in [0.5, 0.6) is 17.2 Å². The number of ether oxygens (including phenoxy) is 3. The quantitative estimate of drug-likeness (QED) is 0.727. The molecular formula is C23H31NO4. The van der Waals surface area contributed by atoms with E-state index >= 15 is 0 Å². The van der Waals surface area contributed by atoms with Gasteiger partial charge in [-0.25, -0.2) is 0 Å². The number of aryl methyl sites for hydroxylation is 2. The Kier molecular flexibility index (Phi) is 7.32. The number of carbonyl (C=O) groups excluding carboxylic acids is 1. The highest BCUT2D eigenvalue weighted by Crippen LogP contribution is 2.29. The third kappa shape index (κ3) is 5.65. The van der Waals surface area contributed by atoms with Gasteiger partial charge in [-0.3, -0.25) is 4.79 Å². The fourth-order valence-electron chi connectivity index (χ4n) is 2.87. The molecule has 2 aromatic rings. The van der Waals surface area contributed by atoms with Crippen molar-refractivity contribution >= 4 is 5.91 Å². The van der Waals surface area contributed by atoms with Crippen molar-refractivity contribution in [1.82, 2.24) is 5.32 Å². The molecule has 0 fully saturated rings. The van der Waals surface area contributed by atoms with Crippen molar-refractivity contribution in [2.24, 2.45) is 0 Å². The summed E-state index contributed by atoms with van der Waals surface area (Å²) in [6.45, 7) is 12.1. The van der Waals surface area contributed by atoms with E-state index in [1.54, 1.807) is 14.0 Å². The molecule has 152 valence electrons. The Morgan fingerprint density at radius 1 is 0.964 bits per heavy atom. The molecule has 0 aliphatic heterocycles. The molecule has 5 heteroatoms. The Hall–Kier alpha value is -2.69. The van der Waals surface area contributed by atoms with E-state index in [-0.39, 0.29) is 12.0 Å². The number of hydrogen-bond acceptors (Lipinski definition) is 4. The normalized spacial score (nSPS) is 11.9. The molecule has 2 aromatic carbocycles. The summed E-state index contributed by atoms with van der Waals surface area (Å²) in [5.41, 5.74) is 4.24. The number of amides is 1. The SMILES string of the molecule is COc1cc(CNC(=O)[C@H](C)Oc2cc(C)cc(C)c2C)ccc1OC(C)C. The number of carbonyl (C=O) groups is 1. The van der Waals surface area contributed by atoms with Crippen molar-refractivity contribution in [1.29, 1.82) is 0 Å². The van der Waals surface area contributed by atoms with E-state index in [0.29, 0.717) is 18.0 Å². The summed E-state index contributed by atoms with van der Waals surface area (Å²) in [7, 11) is 1.60. The van der Waals surface area contributed by atoms with Crippen molar-refractivity contribution in [2.75, 3.05) is 7.11 Å². The molecule has 0 saturated carbocycles. The number of nitrogens with one attached hydrogen (secondary N) is 1. The molecule has 1 atom stereocenters. The summed E-state index contributed by atoms with van der Waals surface area (Å²) in [6, 6.07) is 9.72. The number of rotatable bonds is 8. The van der Waals surface area contributed by atoms with Crippen LogP contribution in [0.1, 0.15) is 43.0 Å². The van der Waals surface area contributed by atoms with Gasteiger partial charge in [0, 0.05) is 6.54 Å². The molecular weight excluding hydrogens is 354 g/mol. The average molecular weight is 386 g/mol. The fraction of sp³-hybridized carbons (Fsp3) is 0.435. The average Bonchev–Trinajstić information content (AvgIpc) is 2.64. The molecule has 1 N–H and O–H groups in total. The van der Waals surface area contributed by atoms with Gasteiger partial charge >= 0.3 is 0 Å². The number of benzene rings is 2. The van der Waals surface area contributed by atoms with Crippen LogP contribution in [0.2, 0.25) is 0 Å². The highest BCUT2D eigenvalue weighted by molar-refractivity contribution is 5.80. The van der Waals surface area contributed by atoms with Gasteiger partial charge in [-0.05, 0) is 82.0 Å². The Morgan fingerprint density at radius 3 is 2.32 bits per heavy atom. The molecule has 0 aliphatic carbocycles. The molecule has 2 rings (SSSR count). The summed E-state index contributed by atoms with van der Waals surface area (Å²) in [5.74, 6) is 1.92. The van der Waals surface area contributed by atoms with Gasteiger partial charge in [0.1, 0.15) is 5.75 Å². The molecule has 1 amide bonds. The molecule has 5 nitrogen and oxygen atoms in total. The first-order valence-electron chi connectivity index (χ1n) is 9.57. The zero-order chi connectivity index (χ0) is 20.8. The minimum absolute atomic E-state index is 0.0613. The maximum atomic E-state index is 12.5. The van der Waals surface area contributed by atoms with Crippen LogP contribution >= 0.6 is 0 Å². The van der Waals surface area contributed by atoms with Crippen LogP contribution in [0.3, 0.4) is 0 Å². The van der Waals surface area contributed by atoms with E-state index in [1.165, 1.54) is 0 Å².